The smallest absolute Gasteiger partial charge is 0.228 e. The molecule has 7 heteroatoms. The van der Waals surface area contributed by atoms with Crippen molar-refractivity contribution in [3.05, 3.63) is 35.4 Å². The first kappa shape index (κ1) is 19.6. The third-order valence-electron chi connectivity index (χ3n) is 6.03. The molecule has 0 aromatic carbocycles. The zero-order valence-electron chi connectivity index (χ0n) is 16.8. The van der Waals surface area contributed by atoms with Gasteiger partial charge in [-0.1, -0.05) is 20.3 Å². The van der Waals surface area contributed by atoms with Gasteiger partial charge in [0.25, 0.3) is 0 Å². The number of rotatable bonds is 3. The monoisotopic (exact) mass is 395 g/mol. The van der Waals surface area contributed by atoms with Crippen LogP contribution in [0.5, 0.6) is 0 Å². The predicted molar refractivity (Wildman–Crippen MR) is 108 cm³/mol. The van der Waals surface area contributed by atoms with E-state index in [1.807, 2.05) is 4.57 Å². The van der Waals surface area contributed by atoms with Crippen molar-refractivity contribution in [2.24, 2.45) is 17.1 Å². The number of nitrogens with zero attached hydrogens (tertiary/aromatic N) is 3. The van der Waals surface area contributed by atoms with Crippen LogP contribution in [-0.4, -0.2) is 21.5 Å². The van der Waals surface area contributed by atoms with E-state index in [0.29, 0.717) is 35.6 Å². The number of carbonyl (C=O) groups is 1. The van der Waals surface area contributed by atoms with E-state index in [0.717, 1.165) is 37.6 Å². The number of hydrogen-bond acceptors (Lipinski definition) is 4. The number of anilines is 1. The molecule has 1 saturated carbocycles. The second-order valence-electron chi connectivity index (χ2n) is 9.09. The normalized spacial score (nSPS) is 22.7. The van der Waals surface area contributed by atoms with Gasteiger partial charge in [0.05, 0.1) is 17.5 Å². The Labute approximate surface area is 169 Å². The lowest BCUT2D eigenvalue weighted by Crippen LogP contribution is -2.34. The maximum atomic E-state index is 14.7. The van der Waals surface area contributed by atoms with Gasteiger partial charge in [0, 0.05) is 29.8 Å². The number of nitrogens with one attached hydrogen (secondary N) is 1. The highest BCUT2D eigenvalue weighted by molar-refractivity contribution is 5.92. The zero-order chi connectivity index (χ0) is 20.8. The fraction of sp³-hybridized carbons (Fsp3) is 0.500. The topological polar surface area (TPSA) is 96.7 Å². The van der Waals surface area contributed by atoms with Crippen molar-refractivity contribution in [1.29, 1.82) is 5.26 Å². The van der Waals surface area contributed by atoms with Gasteiger partial charge in [-0.05, 0) is 43.2 Å². The second kappa shape index (κ2) is 7.27. The Kier molecular flexibility index (Phi) is 4.91. The van der Waals surface area contributed by atoms with Crippen molar-refractivity contribution in [2.75, 3.05) is 5.32 Å². The Hall–Kier alpha value is -2.72. The first-order valence-electron chi connectivity index (χ1n) is 10.1. The summed E-state index contributed by atoms with van der Waals surface area (Å²) in [5.41, 5.74) is 8.50. The van der Waals surface area contributed by atoms with Crippen LogP contribution in [0, 0.1) is 28.5 Å². The van der Waals surface area contributed by atoms with E-state index in [9.17, 15) is 14.4 Å². The number of fused-ring (bicyclic) bond motifs is 1. The molecule has 1 aliphatic carbocycles. The third kappa shape index (κ3) is 3.77. The molecule has 2 aromatic rings. The Morgan fingerprint density at radius 1 is 1.41 bits per heavy atom. The lowest BCUT2D eigenvalue weighted by molar-refractivity contribution is -0.120. The van der Waals surface area contributed by atoms with Crippen LogP contribution in [0.2, 0.25) is 0 Å². The van der Waals surface area contributed by atoms with Crippen LogP contribution in [-0.2, 0) is 17.8 Å². The van der Waals surface area contributed by atoms with Crippen LogP contribution in [0.1, 0.15) is 50.8 Å². The standard InChI is InChI=1S/C22H26FN5O/c1-22(2)9-19-14(10-24)7-18(28(19)12-22)16-8-20(26-11-17(16)23)27-21(29)13-4-3-5-15(25)6-13/h7-8,11,13,15H,3-6,9,12,25H2,1-2H3,(H,26,27,29)/t13-,15+/m0/s1. The molecule has 1 amide bonds. The minimum Gasteiger partial charge on any atom is -0.343 e. The summed E-state index contributed by atoms with van der Waals surface area (Å²) in [5, 5.41) is 12.3. The fourth-order valence-electron chi connectivity index (χ4n) is 4.61. The molecule has 2 atom stereocenters. The van der Waals surface area contributed by atoms with E-state index >= 15 is 0 Å². The van der Waals surface area contributed by atoms with Gasteiger partial charge in [-0.2, -0.15) is 5.26 Å². The maximum Gasteiger partial charge on any atom is 0.228 e. The summed E-state index contributed by atoms with van der Waals surface area (Å²) in [6.07, 6.45) is 5.24. The molecule has 2 aliphatic rings. The minimum absolute atomic E-state index is 0.0112. The molecule has 4 rings (SSSR count). The molecule has 1 fully saturated rings. The molecule has 0 bridgehead atoms. The summed E-state index contributed by atoms with van der Waals surface area (Å²) in [6.45, 7) is 4.98. The van der Waals surface area contributed by atoms with Crippen molar-refractivity contribution >= 4 is 11.7 Å². The second-order valence-corrected chi connectivity index (χ2v) is 9.09. The molecule has 0 unspecified atom stereocenters. The zero-order valence-corrected chi connectivity index (χ0v) is 16.8. The van der Waals surface area contributed by atoms with Crippen LogP contribution in [0.25, 0.3) is 11.3 Å². The molecule has 0 spiro atoms. The number of amides is 1. The highest BCUT2D eigenvalue weighted by Gasteiger charge is 2.33. The lowest BCUT2D eigenvalue weighted by atomic mass is 9.85. The Morgan fingerprint density at radius 2 is 2.21 bits per heavy atom. The number of nitriles is 1. The third-order valence-corrected chi connectivity index (χ3v) is 6.03. The Morgan fingerprint density at radius 3 is 2.93 bits per heavy atom. The van der Waals surface area contributed by atoms with E-state index in [1.54, 1.807) is 12.1 Å². The molecule has 2 aromatic heterocycles. The van der Waals surface area contributed by atoms with Crippen molar-refractivity contribution in [3.63, 3.8) is 0 Å². The van der Waals surface area contributed by atoms with Crippen molar-refractivity contribution < 1.29 is 9.18 Å². The van der Waals surface area contributed by atoms with Gasteiger partial charge in [0.15, 0.2) is 5.82 Å². The predicted octanol–water partition coefficient (Wildman–Crippen LogP) is 3.60. The summed E-state index contributed by atoms with van der Waals surface area (Å²) >= 11 is 0. The Balaban J connectivity index is 1.64. The molecule has 29 heavy (non-hydrogen) atoms. The highest BCUT2D eigenvalue weighted by atomic mass is 19.1. The highest BCUT2D eigenvalue weighted by Crippen LogP contribution is 2.39. The van der Waals surface area contributed by atoms with Gasteiger partial charge in [0.1, 0.15) is 11.9 Å². The fourth-order valence-corrected chi connectivity index (χ4v) is 4.61. The lowest BCUT2D eigenvalue weighted by Gasteiger charge is -2.25. The molecular weight excluding hydrogens is 369 g/mol. The average Bonchev–Trinajstić information content (AvgIpc) is 3.16. The van der Waals surface area contributed by atoms with Crippen LogP contribution in [0.4, 0.5) is 10.2 Å². The molecule has 3 heterocycles. The number of hydrogen-bond donors (Lipinski definition) is 2. The van der Waals surface area contributed by atoms with Crippen molar-refractivity contribution in [2.45, 2.75) is 58.5 Å². The first-order valence-corrected chi connectivity index (χ1v) is 10.1. The van der Waals surface area contributed by atoms with Crippen LogP contribution in [0.3, 0.4) is 0 Å². The number of carbonyl (C=O) groups excluding carboxylic acids is 1. The average molecular weight is 395 g/mol. The molecule has 6 nitrogen and oxygen atoms in total. The van der Waals surface area contributed by atoms with Gasteiger partial charge >= 0.3 is 0 Å². The Bertz CT molecular complexity index is 1000. The molecule has 152 valence electrons. The number of halogens is 1. The minimum atomic E-state index is -0.475. The summed E-state index contributed by atoms with van der Waals surface area (Å²) in [5.74, 6) is -0.420. The van der Waals surface area contributed by atoms with E-state index in [4.69, 9.17) is 5.73 Å². The van der Waals surface area contributed by atoms with Gasteiger partial charge < -0.3 is 15.6 Å². The number of pyridine rings is 1. The van der Waals surface area contributed by atoms with Crippen molar-refractivity contribution in [3.8, 4) is 17.3 Å². The largest absolute Gasteiger partial charge is 0.343 e. The molecule has 0 saturated heterocycles. The van der Waals surface area contributed by atoms with Crippen LogP contribution < -0.4 is 11.1 Å². The van der Waals surface area contributed by atoms with E-state index in [-0.39, 0.29) is 23.3 Å². The van der Waals surface area contributed by atoms with Gasteiger partial charge in [0.2, 0.25) is 5.91 Å². The van der Waals surface area contributed by atoms with Crippen molar-refractivity contribution in [1.82, 2.24) is 9.55 Å². The van der Waals surface area contributed by atoms with Gasteiger partial charge in [-0.15, -0.1) is 0 Å². The quantitative estimate of drug-likeness (QED) is 0.830. The van der Waals surface area contributed by atoms with Crippen LogP contribution >= 0.6 is 0 Å². The van der Waals surface area contributed by atoms with Gasteiger partial charge in [-0.3, -0.25) is 4.79 Å². The van der Waals surface area contributed by atoms with Crippen LogP contribution in [0.15, 0.2) is 18.3 Å². The molecule has 0 radical (unpaired) electrons. The summed E-state index contributed by atoms with van der Waals surface area (Å²) < 4.78 is 16.7. The molecule has 1 aliphatic heterocycles. The first-order chi connectivity index (χ1) is 13.8. The molecule has 3 N–H and O–H groups in total. The molecular formula is C22H26FN5O. The van der Waals surface area contributed by atoms with E-state index < -0.39 is 5.82 Å². The summed E-state index contributed by atoms with van der Waals surface area (Å²) in [7, 11) is 0. The summed E-state index contributed by atoms with van der Waals surface area (Å²) in [6, 6.07) is 5.57. The SMILES string of the molecule is CC1(C)Cc2c(C#N)cc(-c3cc(NC(=O)[C@H]4CCC[C@@H](N)C4)ncc3F)n2C1. The number of nitrogens with two attached hydrogens (primary N) is 1. The maximum absolute atomic E-state index is 14.7. The summed E-state index contributed by atoms with van der Waals surface area (Å²) in [4.78, 5) is 16.7. The number of aromatic nitrogens is 2. The van der Waals surface area contributed by atoms with Gasteiger partial charge in [-0.25, -0.2) is 9.37 Å². The van der Waals surface area contributed by atoms with E-state index in [2.05, 4.69) is 30.2 Å². The van der Waals surface area contributed by atoms with E-state index in [1.165, 1.54) is 0 Å².